The second-order valence-corrected chi connectivity index (χ2v) is 20.8. The average molecular weight is 783 g/mol. The van der Waals surface area contributed by atoms with Crippen LogP contribution in [0.2, 0.25) is 0 Å². The molecule has 0 spiro atoms. The molecule has 20 atom stereocenters. The quantitative estimate of drug-likeness (QED) is 0.133. The third-order valence-electron chi connectivity index (χ3n) is 17.5. The van der Waals surface area contributed by atoms with Gasteiger partial charge < -0.3 is 64.9 Å². The van der Waals surface area contributed by atoms with Crippen molar-refractivity contribution in [1.82, 2.24) is 0 Å². The van der Waals surface area contributed by atoms with E-state index in [4.69, 9.17) is 18.9 Å². The first kappa shape index (κ1) is 42.3. The zero-order valence-electron chi connectivity index (χ0n) is 33.9. The van der Waals surface area contributed by atoms with Gasteiger partial charge in [0, 0.05) is 10.8 Å². The Kier molecular flexibility index (Phi) is 11.1. The number of rotatable bonds is 7. The molecule has 13 heteroatoms. The van der Waals surface area contributed by atoms with E-state index < -0.39 is 86.1 Å². The number of aliphatic hydroxyl groups excluding tert-OH is 9. The van der Waals surface area contributed by atoms with Gasteiger partial charge in [0.15, 0.2) is 12.6 Å². The summed E-state index contributed by atoms with van der Waals surface area (Å²) in [6, 6.07) is 0. The van der Waals surface area contributed by atoms with Crippen molar-refractivity contribution >= 4 is 0 Å². The molecule has 13 nitrogen and oxygen atoms in total. The fourth-order valence-electron chi connectivity index (χ4n) is 13.7. The maximum Gasteiger partial charge on any atom is 0.187 e. The highest BCUT2D eigenvalue weighted by Crippen LogP contribution is 2.76. The summed E-state index contributed by atoms with van der Waals surface area (Å²) in [5.41, 5.74) is 0.573. The van der Waals surface area contributed by atoms with Crippen LogP contribution in [-0.2, 0) is 18.9 Å². The zero-order chi connectivity index (χ0) is 40.3. The minimum atomic E-state index is -1.77. The van der Waals surface area contributed by atoms with Crippen molar-refractivity contribution in [2.75, 3.05) is 19.8 Å². The third-order valence-corrected chi connectivity index (χ3v) is 17.5. The summed E-state index contributed by atoms with van der Waals surface area (Å²) < 4.78 is 24.3. The van der Waals surface area contributed by atoms with Crippen LogP contribution in [0.15, 0.2) is 11.6 Å². The molecule has 5 aliphatic carbocycles. The van der Waals surface area contributed by atoms with Gasteiger partial charge in [0.1, 0.15) is 48.8 Å². The minimum Gasteiger partial charge on any atom is -0.396 e. The van der Waals surface area contributed by atoms with Crippen LogP contribution in [-0.4, -0.2) is 139 Å². The van der Waals surface area contributed by atoms with E-state index in [-0.39, 0.29) is 45.7 Å². The van der Waals surface area contributed by atoms with Gasteiger partial charge in [-0.2, -0.15) is 0 Å². The second kappa shape index (κ2) is 14.4. The van der Waals surface area contributed by atoms with Crippen LogP contribution in [0.1, 0.15) is 106 Å². The molecule has 0 bridgehead atoms. The predicted octanol–water partition coefficient (Wildman–Crippen LogP) is 1.76. The van der Waals surface area contributed by atoms with E-state index in [9.17, 15) is 46.0 Å². The largest absolute Gasteiger partial charge is 0.396 e. The Balaban J connectivity index is 1.16. The van der Waals surface area contributed by atoms with Crippen molar-refractivity contribution < 1.29 is 64.9 Å². The zero-order valence-corrected chi connectivity index (χ0v) is 33.9. The Bertz CT molecular complexity index is 1440. The first-order valence-corrected chi connectivity index (χ1v) is 20.9. The number of ether oxygens (including phenoxy) is 4. The molecule has 9 N–H and O–H groups in total. The van der Waals surface area contributed by atoms with Crippen molar-refractivity contribution in [2.45, 2.75) is 180 Å². The maximum atomic E-state index is 11.5. The minimum absolute atomic E-state index is 0.00563. The SMILES string of the molecule is CC1(C)C[C@@H](O)[C@@]2(C)CC[C@@]3(C)C(=CC[C@@H]4[C@]5(C)CC[C@H](O[C@@H]6O[C@@H](CO)[C@@H](O)[C@@H](O)[C@H]6O[C@H]6O[C@H](CO)[C@@H](O)[C@H](O)[C@H]6O)[C@](C)(CO)[C@H]5CC[C@]43C)[C@H]2C1. The van der Waals surface area contributed by atoms with Crippen molar-refractivity contribution in [2.24, 2.45) is 50.2 Å². The van der Waals surface area contributed by atoms with Crippen LogP contribution in [0.5, 0.6) is 0 Å². The first-order chi connectivity index (χ1) is 25.7. The summed E-state index contributed by atoms with van der Waals surface area (Å²) in [4.78, 5) is 0. The molecule has 7 aliphatic rings. The lowest BCUT2D eigenvalue weighted by molar-refractivity contribution is -0.379. The summed E-state index contributed by atoms with van der Waals surface area (Å²) in [7, 11) is 0. The van der Waals surface area contributed by atoms with Gasteiger partial charge in [-0.05, 0) is 97.2 Å². The van der Waals surface area contributed by atoms with E-state index in [2.05, 4.69) is 54.5 Å². The third kappa shape index (κ3) is 6.27. The molecule has 0 aromatic rings. The summed E-state index contributed by atoms with van der Waals surface area (Å²) >= 11 is 0. The van der Waals surface area contributed by atoms with Crippen molar-refractivity contribution in [3.05, 3.63) is 11.6 Å². The van der Waals surface area contributed by atoms with Crippen LogP contribution in [0.25, 0.3) is 0 Å². The normalized spacial score (nSPS) is 56.4. The first-order valence-electron chi connectivity index (χ1n) is 20.9. The molecular weight excluding hydrogens is 712 g/mol. The Morgan fingerprint density at radius 1 is 0.655 bits per heavy atom. The number of hydrogen-bond acceptors (Lipinski definition) is 13. The van der Waals surface area contributed by atoms with Gasteiger partial charge in [0.2, 0.25) is 0 Å². The van der Waals surface area contributed by atoms with Gasteiger partial charge in [-0.3, -0.25) is 0 Å². The summed E-state index contributed by atoms with van der Waals surface area (Å²) in [5, 5.41) is 96.3. The lowest BCUT2D eigenvalue weighted by Crippen LogP contribution is -2.67. The molecule has 2 saturated heterocycles. The molecule has 0 unspecified atom stereocenters. The van der Waals surface area contributed by atoms with E-state index in [0.29, 0.717) is 18.3 Å². The van der Waals surface area contributed by atoms with E-state index >= 15 is 0 Å². The van der Waals surface area contributed by atoms with E-state index in [1.807, 2.05) is 0 Å². The summed E-state index contributed by atoms with van der Waals surface area (Å²) in [6.07, 6.45) is -5.65. The van der Waals surface area contributed by atoms with Gasteiger partial charge >= 0.3 is 0 Å². The molecule has 2 heterocycles. The Labute approximate surface area is 326 Å². The van der Waals surface area contributed by atoms with Crippen LogP contribution >= 0.6 is 0 Å². The van der Waals surface area contributed by atoms with Gasteiger partial charge in [0.25, 0.3) is 0 Å². The Hall–Kier alpha value is -0.780. The molecule has 55 heavy (non-hydrogen) atoms. The molecule has 7 rings (SSSR count). The monoisotopic (exact) mass is 782 g/mol. The molecular formula is C42H70O13. The predicted molar refractivity (Wildman–Crippen MR) is 199 cm³/mol. The van der Waals surface area contributed by atoms with Gasteiger partial charge in [0.05, 0.1) is 32.0 Å². The number of fused-ring (bicyclic) bond motifs is 7. The lowest BCUT2D eigenvalue weighted by atomic mass is 9.33. The molecule has 0 amide bonds. The highest BCUT2D eigenvalue weighted by molar-refractivity contribution is 5.34. The molecule has 316 valence electrons. The standard InChI is InChI=1S/C42H70O13/c1-37(2)16-22-21-8-9-26-39(4)12-11-28(40(5,20-45)25(39)10-13-42(26,7)41(21,6)15-14-38(22,3)27(46)17-37)54-36-34(32(50)30(48)24(19-44)53-36)55-35-33(51)31(49)29(47)23(18-43)52-35/h8,22-36,43-51H,9-20H2,1-7H3/t22-,23-,24+,25+,26-,27-,28+,29-,30-,31+,32-,33-,34-,35-,36+,38+,39-,40-,41+,42-/m1/s1. The highest BCUT2D eigenvalue weighted by Gasteiger charge is 2.69. The molecule has 0 aromatic heterocycles. The lowest BCUT2D eigenvalue weighted by Gasteiger charge is -2.72. The fourth-order valence-corrected chi connectivity index (χ4v) is 13.7. The average Bonchev–Trinajstić information content (AvgIpc) is 3.13. The van der Waals surface area contributed by atoms with Crippen LogP contribution in [0.3, 0.4) is 0 Å². The molecule has 2 aliphatic heterocycles. The van der Waals surface area contributed by atoms with Crippen LogP contribution in [0.4, 0.5) is 0 Å². The fraction of sp³-hybridized carbons (Fsp3) is 0.952. The second-order valence-electron chi connectivity index (χ2n) is 20.8. The number of aliphatic hydroxyl groups is 9. The summed E-state index contributed by atoms with van der Waals surface area (Å²) in [6.45, 7) is 14.9. The Morgan fingerprint density at radius 3 is 1.93 bits per heavy atom. The highest BCUT2D eigenvalue weighted by atomic mass is 16.8. The van der Waals surface area contributed by atoms with E-state index in [1.54, 1.807) is 5.57 Å². The summed E-state index contributed by atoms with van der Waals surface area (Å²) in [5.74, 6) is 0.738. The van der Waals surface area contributed by atoms with Crippen molar-refractivity contribution in [1.29, 1.82) is 0 Å². The van der Waals surface area contributed by atoms with Crippen molar-refractivity contribution in [3.8, 4) is 0 Å². The number of hydrogen-bond donors (Lipinski definition) is 9. The van der Waals surface area contributed by atoms with Gasteiger partial charge in [-0.15, -0.1) is 0 Å². The number of allylic oxidation sites excluding steroid dienone is 2. The van der Waals surface area contributed by atoms with E-state index in [0.717, 1.165) is 51.4 Å². The molecule has 4 saturated carbocycles. The molecule has 0 aromatic carbocycles. The smallest absolute Gasteiger partial charge is 0.187 e. The topological polar surface area (TPSA) is 219 Å². The molecule has 0 radical (unpaired) electrons. The van der Waals surface area contributed by atoms with Gasteiger partial charge in [-0.1, -0.05) is 60.1 Å². The molecule has 6 fully saturated rings. The van der Waals surface area contributed by atoms with Crippen molar-refractivity contribution in [3.63, 3.8) is 0 Å². The van der Waals surface area contributed by atoms with Crippen LogP contribution in [0, 0.1) is 50.2 Å². The maximum absolute atomic E-state index is 11.5. The van der Waals surface area contributed by atoms with Gasteiger partial charge in [-0.25, -0.2) is 0 Å². The Morgan fingerprint density at radius 2 is 1.29 bits per heavy atom. The van der Waals surface area contributed by atoms with E-state index in [1.165, 1.54) is 0 Å². The van der Waals surface area contributed by atoms with Crippen LogP contribution < -0.4 is 0 Å².